The Morgan fingerprint density at radius 3 is 1.51 bits per heavy atom. The molecule has 0 radical (unpaired) electrons. The van der Waals surface area contributed by atoms with Crippen LogP contribution in [-0.4, -0.2) is 68.0 Å². The number of methoxy groups -OCH3 is 1. The van der Waals surface area contributed by atoms with Gasteiger partial charge in [0.15, 0.2) is 0 Å². The summed E-state index contributed by atoms with van der Waals surface area (Å²) in [5.74, 6) is -2.10. The highest BCUT2D eigenvalue weighted by Gasteiger charge is 2.33. The Bertz CT molecular complexity index is 1080. The van der Waals surface area contributed by atoms with Gasteiger partial charge in [0, 0.05) is 24.8 Å². The van der Waals surface area contributed by atoms with Crippen molar-refractivity contribution in [3.05, 3.63) is 48.6 Å². The van der Waals surface area contributed by atoms with E-state index in [0.29, 0.717) is 0 Å². The lowest BCUT2D eigenvalue weighted by atomic mass is 9.84. The van der Waals surface area contributed by atoms with Crippen LogP contribution in [0.3, 0.4) is 0 Å². The van der Waals surface area contributed by atoms with Crippen LogP contribution >= 0.6 is 0 Å². The first kappa shape index (κ1) is 35.1. The first-order chi connectivity index (χ1) is 18.9. The van der Waals surface area contributed by atoms with E-state index in [0.717, 1.165) is 57.8 Å². The molecule has 2 amide bonds. The van der Waals surface area contributed by atoms with Crippen molar-refractivity contribution in [1.82, 2.24) is 30.6 Å². The highest BCUT2D eigenvalue weighted by molar-refractivity contribution is 5.95. The fraction of sp³-hybridized carbons (Fsp3) is 0.586. The van der Waals surface area contributed by atoms with Crippen LogP contribution in [0.15, 0.2) is 37.2 Å². The average molecular weight is 573 g/mol. The van der Waals surface area contributed by atoms with E-state index >= 15 is 0 Å². The number of carbonyl (C=O) groups is 4. The van der Waals surface area contributed by atoms with Gasteiger partial charge < -0.3 is 20.5 Å². The summed E-state index contributed by atoms with van der Waals surface area (Å²) in [7, 11) is 1.34. The van der Waals surface area contributed by atoms with Gasteiger partial charge in [0.1, 0.15) is 23.5 Å². The van der Waals surface area contributed by atoms with Crippen LogP contribution in [0.4, 0.5) is 0 Å². The van der Waals surface area contributed by atoms with Crippen molar-refractivity contribution >= 4 is 23.8 Å². The average Bonchev–Trinajstić information content (AvgIpc) is 3.00. The first-order valence-corrected chi connectivity index (χ1v) is 13.3. The van der Waals surface area contributed by atoms with E-state index in [1.165, 1.54) is 50.7 Å². The predicted octanol–water partition coefficient (Wildman–Crippen LogP) is 3.84. The number of hydrogen-bond acceptors (Lipinski definition) is 9. The zero-order valence-electron chi connectivity index (χ0n) is 22.1. The largest absolute Gasteiger partial charge is 0.480 e. The molecule has 12 nitrogen and oxygen atoms in total. The second-order valence-corrected chi connectivity index (χ2v) is 9.74. The summed E-state index contributed by atoms with van der Waals surface area (Å²) < 4.78 is 4.81. The Morgan fingerprint density at radius 1 is 0.732 bits per heavy atom. The molecule has 2 aromatic rings. The monoisotopic (exact) mass is 572 g/mol. The number of ether oxygens (including phenoxy) is 1. The fourth-order valence-corrected chi connectivity index (χ4v) is 5.08. The van der Waals surface area contributed by atoms with E-state index in [4.69, 9.17) is 4.74 Å². The standard InChI is InChI=1S/C14H19N3O3.C13H17N3O3.2CH4/c1-20-14(19)12(10-5-3-2-4-6-10)17-13(18)11-9-15-7-8-16-11;17-12(10-8-14-6-7-15-10)16-11(13(18)19)9-4-2-1-3-5-9;;/h7-10,12H,2-6H2,1H3,(H,17,18);6-9,11H,1-5H2,(H,16,17)(H,18,19);2*1H4/t12-;11-;;/m00../s1. The fourth-order valence-electron chi connectivity index (χ4n) is 5.08. The molecule has 0 aromatic carbocycles. The molecule has 2 aliphatic rings. The van der Waals surface area contributed by atoms with Crippen LogP contribution in [0.5, 0.6) is 0 Å². The third-order valence-electron chi connectivity index (χ3n) is 7.13. The van der Waals surface area contributed by atoms with Crippen LogP contribution in [0.25, 0.3) is 0 Å². The van der Waals surface area contributed by atoms with E-state index in [1.807, 2.05) is 0 Å². The van der Waals surface area contributed by atoms with Gasteiger partial charge in [-0.1, -0.05) is 53.4 Å². The summed E-state index contributed by atoms with van der Waals surface area (Å²) in [6.07, 6.45) is 18.6. The van der Waals surface area contributed by atoms with Crippen LogP contribution in [0.1, 0.15) is 100 Å². The molecular formula is C29H44N6O6. The SMILES string of the molecule is C.C.COC(=O)[C@@H](NC(=O)c1cnccn1)C1CCCCC1.O=C(N[C@H](C(=O)O)C1CCCCC1)c1cnccn1. The number of esters is 1. The van der Waals surface area contributed by atoms with Gasteiger partial charge in [0.25, 0.3) is 11.8 Å². The number of carbonyl (C=O) groups excluding carboxylic acids is 3. The maximum Gasteiger partial charge on any atom is 0.328 e. The first-order valence-electron chi connectivity index (χ1n) is 13.3. The number of carboxylic acids is 1. The van der Waals surface area contributed by atoms with Crippen LogP contribution in [0.2, 0.25) is 0 Å². The van der Waals surface area contributed by atoms with Crippen molar-refractivity contribution in [2.45, 2.75) is 91.1 Å². The van der Waals surface area contributed by atoms with Crippen molar-refractivity contribution in [1.29, 1.82) is 0 Å². The predicted molar refractivity (Wildman–Crippen MR) is 153 cm³/mol. The van der Waals surface area contributed by atoms with Crippen molar-refractivity contribution in [2.75, 3.05) is 7.11 Å². The molecule has 4 rings (SSSR count). The van der Waals surface area contributed by atoms with Gasteiger partial charge in [-0.05, 0) is 37.5 Å². The minimum Gasteiger partial charge on any atom is -0.480 e. The number of nitrogens with one attached hydrogen (secondary N) is 2. The zero-order chi connectivity index (χ0) is 28.0. The third-order valence-corrected chi connectivity index (χ3v) is 7.13. The quantitative estimate of drug-likeness (QED) is 0.394. The Kier molecular flexibility index (Phi) is 15.7. The highest BCUT2D eigenvalue weighted by atomic mass is 16.5. The molecule has 3 N–H and O–H groups in total. The van der Waals surface area contributed by atoms with Crippen LogP contribution in [0, 0.1) is 11.8 Å². The summed E-state index contributed by atoms with van der Waals surface area (Å²) in [6.45, 7) is 0. The minimum absolute atomic E-state index is 0. The highest BCUT2D eigenvalue weighted by Crippen LogP contribution is 2.28. The maximum atomic E-state index is 12.1. The molecule has 2 saturated carbocycles. The summed E-state index contributed by atoms with van der Waals surface area (Å²) in [5, 5.41) is 14.6. The van der Waals surface area contributed by atoms with E-state index < -0.39 is 29.9 Å². The molecule has 2 heterocycles. The zero-order valence-corrected chi connectivity index (χ0v) is 22.1. The van der Waals surface area contributed by atoms with Crippen molar-refractivity contribution < 1.29 is 29.0 Å². The Labute approximate surface area is 242 Å². The third kappa shape index (κ3) is 10.8. The van der Waals surface area contributed by atoms with E-state index in [-0.39, 0.29) is 44.0 Å². The molecular weight excluding hydrogens is 528 g/mol. The van der Waals surface area contributed by atoms with E-state index in [1.54, 1.807) is 0 Å². The van der Waals surface area contributed by atoms with Gasteiger partial charge in [0.2, 0.25) is 0 Å². The molecule has 2 aliphatic carbocycles. The molecule has 0 bridgehead atoms. The van der Waals surface area contributed by atoms with Gasteiger partial charge in [-0.25, -0.2) is 19.6 Å². The number of rotatable bonds is 8. The summed E-state index contributed by atoms with van der Waals surface area (Å²) in [4.78, 5) is 62.7. The maximum absolute atomic E-state index is 12.1. The van der Waals surface area contributed by atoms with Gasteiger partial charge in [-0.15, -0.1) is 0 Å². The van der Waals surface area contributed by atoms with Crippen molar-refractivity contribution in [3.63, 3.8) is 0 Å². The number of amides is 2. The van der Waals surface area contributed by atoms with Gasteiger partial charge >= 0.3 is 11.9 Å². The molecule has 0 spiro atoms. The molecule has 0 unspecified atom stereocenters. The number of aromatic nitrogens is 4. The Hall–Kier alpha value is -3.96. The number of hydrogen-bond donors (Lipinski definition) is 3. The molecule has 41 heavy (non-hydrogen) atoms. The van der Waals surface area contributed by atoms with Crippen molar-refractivity contribution in [2.24, 2.45) is 11.8 Å². The number of aliphatic carboxylic acids is 1. The smallest absolute Gasteiger partial charge is 0.328 e. The normalized spacial score (nSPS) is 16.6. The minimum atomic E-state index is -0.982. The van der Waals surface area contributed by atoms with E-state index in [2.05, 4.69) is 30.6 Å². The van der Waals surface area contributed by atoms with Gasteiger partial charge in [-0.2, -0.15) is 0 Å². The molecule has 2 fully saturated rings. The lowest BCUT2D eigenvalue weighted by Crippen LogP contribution is -2.47. The topological polar surface area (TPSA) is 173 Å². The number of carboxylic acid groups (broad SMARTS) is 1. The Balaban J connectivity index is 0.000000391. The summed E-state index contributed by atoms with van der Waals surface area (Å²) in [6, 6.07) is -1.44. The van der Waals surface area contributed by atoms with Crippen LogP contribution < -0.4 is 10.6 Å². The molecule has 12 heteroatoms. The molecule has 2 aromatic heterocycles. The molecule has 2 atom stereocenters. The second-order valence-electron chi connectivity index (χ2n) is 9.74. The number of nitrogens with zero attached hydrogens (tertiary/aromatic N) is 4. The molecule has 226 valence electrons. The van der Waals surface area contributed by atoms with E-state index in [9.17, 15) is 24.3 Å². The lowest BCUT2D eigenvalue weighted by Gasteiger charge is -2.28. The molecule has 0 aliphatic heterocycles. The summed E-state index contributed by atoms with van der Waals surface area (Å²) >= 11 is 0. The Morgan fingerprint density at radius 2 is 1.15 bits per heavy atom. The van der Waals surface area contributed by atoms with Gasteiger partial charge in [-0.3, -0.25) is 19.6 Å². The molecule has 0 saturated heterocycles. The van der Waals surface area contributed by atoms with Gasteiger partial charge in [0.05, 0.1) is 19.5 Å². The summed E-state index contributed by atoms with van der Waals surface area (Å²) in [5.41, 5.74) is 0.349. The van der Waals surface area contributed by atoms with Crippen molar-refractivity contribution in [3.8, 4) is 0 Å². The second kappa shape index (κ2) is 18.4. The van der Waals surface area contributed by atoms with Crippen LogP contribution in [-0.2, 0) is 14.3 Å². The lowest BCUT2D eigenvalue weighted by molar-refractivity contribution is -0.144.